The SMILES string of the molecule is CC(C)C[C@@H](NC(=O)OCC1c2ccccc2-c2ccccc21)C(=O)N1CC(CCCC(=O)O)C1. The number of alkyl carbamates (subject to hydrolysis) is 1. The Morgan fingerprint density at radius 3 is 2.20 bits per heavy atom. The van der Waals surface area contributed by atoms with Gasteiger partial charge < -0.3 is 20.1 Å². The molecule has 7 heteroatoms. The number of carboxylic acid groups (broad SMARTS) is 1. The first kappa shape index (κ1) is 24.8. The molecule has 2 N–H and O–H groups in total. The Hall–Kier alpha value is -3.35. The maximum absolute atomic E-state index is 13.1. The van der Waals surface area contributed by atoms with Gasteiger partial charge in [0.15, 0.2) is 0 Å². The minimum atomic E-state index is -0.790. The lowest BCUT2D eigenvalue weighted by Crippen LogP contribution is -2.57. The van der Waals surface area contributed by atoms with Gasteiger partial charge in [0.2, 0.25) is 5.91 Å². The van der Waals surface area contributed by atoms with Crippen LogP contribution in [-0.4, -0.2) is 53.7 Å². The van der Waals surface area contributed by atoms with Crippen molar-refractivity contribution in [2.24, 2.45) is 11.8 Å². The molecule has 186 valence electrons. The fourth-order valence-electron chi connectivity index (χ4n) is 5.17. The molecular weight excluding hydrogens is 444 g/mol. The molecule has 1 fully saturated rings. The third-order valence-corrected chi connectivity index (χ3v) is 6.91. The van der Waals surface area contributed by atoms with E-state index >= 15 is 0 Å². The van der Waals surface area contributed by atoms with Crippen LogP contribution >= 0.6 is 0 Å². The average Bonchev–Trinajstić information content (AvgIpc) is 3.11. The van der Waals surface area contributed by atoms with Crippen molar-refractivity contribution in [2.45, 2.75) is 51.5 Å². The first-order valence-corrected chi connectivity index (χ1v) is 12.5. The van der Waals surface area contributed by atoms with Gasteiger partial charge in [-0.2, -0.15) is 0 Å². The lowest BCUT2D eigenvalue weighted by Gasteiger charge is -2.41. The summed E-state index contributed by atoms with van der Waals surface area (Å²) >= 11 is 0. The largest absolute Gasteiger partial charge is 0.481 e. The first-order chi connectivity index (χ1) is 16.8. The zero-order valence-corrected chi connectivity index (χ0v) is 20.4. The van der Waals surface area contributed by atoms with Crippen LogP contribution in [0, 0.1) is 11.8 Å². The predicted molar refractivity (Wildman–Crippen MR) is 133 cm³/mol. The number of hydrogen-bond donors (Lipinski definition) is 2. The molecule has 0 radical (unpaired) electrons. The molecule has 2 aliphatic rings. The Morgan fingerprint density at radius 1 is 1.03 bits per heavy atom. The quantitative estimate of drug-likeness (QED) is 0.518. The standard InChI is InChI=1S/C28H34N2O5/c1-18(2)14-25(27(33)30-15-19(16-30)8-7-13-26(31)32)29-28(34)35-17-24-22-11-5-3-9-20(22)21-10-4-6-12-23(21)24/h3-6,9-12,18-19,24-25H,7-8,13-17H2,1-2H3,(H,29,34)(H,31,32)/t25-/m1/s1. The maximum atomic E-state index is 13.1. The van der Waals surface area contributed by atoms with Crippen molar-refractivity contribution in [3.8, 4) is 11.1 Å². The van der Waals surface area contributed by atoms with Gasteiger partial charge in [0.05, 0.1) is 0 Å². The van der Waals surface area contributed by atoms with Crippen LogP contribution in [0.1, 0.15) is 56.6 Å². The topological polar surface area (TPSA) is 95.9 Å². The van der Waals surface area contributed by atoms with Gasteiger partial charge in [-0.15, -0.1) is 0 Å². The highest BCUT2D eigenvalue weighted by Crippen LogP contribution is 2.44. The smallest absolute Gasteiger partial charge is 0.407 e. The molecule has 4 rings (SSSR count). The fraction of sp³-hybridized carbons (Fsp3) is 0.464. The van der Waals surface area contributed by atoms with Gasteiger partial charge in [0.25, 0.3) is 0 Å². The van der Waals surface area contributed by atoms with Gasteiger partial charge >= 0.3 is 12.1 Å². The fourth-order valence-corrected chi connectivity index (χ4v) is 5.17. The first-order valence-electron chi connectivity index (χ1n) is 12.5. The van der Waals surface area contributed by atoms with Crippen molar-refractivity contribution < 1.29 is 24.2 Å². The van der Waals surface area contributed by atoms with E-state index in [0.717, 1.165) is 17.5 Å². The number of amides is 2. The number of carbonyl (C=O) groups excluding carboxylic acids is 2. The van der Waals surface area contributed by atoms with Gasteiger partial charge in [-0.3, -0.25) is 9.59 Å². The molecule has 2 amide bonds. The third-order valence-electron chi connectivity index (χ3n) is 6.91. The molecule has 1 aliphatic carbocycles. The number of benzene rings is 2. The molecular formula is C28H34N2O5. The van der Waals surface area contributed by atoms with Crippen LogP contribution in [0.2, 0.25) is 0 Å². The van der Waals surface area contributed by atoms with E-state index in [1.165, 1.54) is 11.1 Å². The monoisotopic (exact) mass is 478 g/mol. The number of aliphatic carboxylic acids is 1. The van der Waals surface area contributed by atoms with Gasteiger partial charge in [-0.1, -0.05) is 62.4 Å². The molecule has 0 saturated carbocycles. The minimum absolute atomic E-state index is 0.0330. The molecule has 1 aliphatic heterocycles. The molecule has 2 aromatic rings. The molecule has 0 unspecified atom stereocenters. The highest BCUT2D eigenvalue weighted by Gasteiger charge is 2.36. The summed E-state index contributed by atoms with van der Waals surface area (Å²) in [6.07, 6.45) is 1.53. The summed E-state index contributed by atoms with van der Waals surface area (Å²) < 4.78 is 5.65. The van der Waals surface area contributed by atoms with E-state index in [2.05, 4.69) is 29.6 Å². The van der Waals surface area contributed by atoms with E-state index in [4.69, 9.17) is 9.84 Å². The molecule has 35 heavy (non-hydrogen) atoms. The average molecular weight is 479 g/mol. The van der Waals surface area contributed by atoms with Crippen LogP contribution in [0.15, 0.2) is 48.5 Å². The minimum Gasteiger partial charge on any atom is -0.481 e. The lowest BCUT2D eigenvalue weighted by molar-refractivity contribution is -0.141. The Labute approximate surface area is 206 Å². The Kier molecular flexibility index (Phi) is 7.73. The molecule has 0 spiro atoms. The summed E-state index contributed by atoms with van der Waals surface area (Å²) in [5, 5.41) is 11.6. The summed E-state index contributed by atoms with van der Waals surface area (Å²) in [5.74, 6) is -0.365. The number of likely N-dealkylation sites (tertiary alicyclic amines) is 1. The summed E-state index contributed by atoms with van der Waals surface area (Å²) in [4.78, 5) is 38.3. The summed E-state index contributed by atoms with van der Waals surface area (Å²) in [5.41, 5.74) is 4.62. The van der Waals surface area contributed by atoms with Crippen molar-refractivity contribution in [3.05, 3.63) is 59.7 Å². The van der Waals surface area contributed by atoms with Gasteiger partial charge in [-0.05, 0) is 53.4 Å². The number of nitrogens with zero attached hydrogens (tertiary/aromatic N) is 1. The number of ether oxygens (including phenoxy) is 1. The highest BCUT2D eigenvalue weighted by atomic mass is 16.5. The molecule has 1 atom stereocenters. The normalized spacial score (nSPS) is 15.8. The zero-order valence-electron chi connectivity index (χ0n) is 20.4. The van der Waals surface area contributed by atoms with Crippen molar-refractivity contribution in [3.63, 3.8) is 0 Å². The molecule has 0 bridgehead atoms. The lowest BCUT2D eigenvalue weighted by atomic mass is 9.92. The van der Waals surface area contributed by atoms with Crippen molar-refractivity contribution in [2.75, 3.05) is 19.7 Å². The highest BCUT2D eigenvalue weighted by molar-refractivity contribution is 5.86. The van der Waals surface area contributed by atoms with Gasteiger partial charge in [0.1, 0.15) is 12.6 Å². The third kappa shape index (κ3) is 5.84. The molecule has 2 aromatic carbocycles. The number of carboxylic acids is 1. The molecule has 1 heterocycles. The summed E-state index contributed by atoms with van der Waals surface area (Å²) in [7, 11) is 0. The maximum Gasteiger partial charge on any atom is 0.407 e. The van der Waals surface area contributed by atoms with Gasteiger partial charge in [-0.25, -0.2) is 4.79 Å². The van der Waals surface area contributed by atoms with Crippen molar-refractivity contribution in [1.82, 2.24) is 10.2 Å². The van der Waals surface area contributed by atoms with Crippen molar-refractivity contribution in [1.29, 1.82) is 0 Å². The van der Waals surface area contributed by atoms with E-state index in [-0.39, 0.29) is 30.8 Å². The Bertz CT molecular complexity index is 1030. The summed E-state index contributed by atoms with van der Waals surface area (Å²) in [6.45, 7) is 5.46. The number of carbonyl (C=O) groups is 3. The van der Waals surface area contributed by atoms with Gasteiger partial charge in [0, 0.05) is 25.4 Å². The predicted octanol–water partition coefficient (Wildman–Crippen LogP) is 4.65. The van der Waals surface area contributed by atoms with Crippen molar-refractivity contribution >= 4 is 18.0 Å². The molecule has 1 saturated heterocycles. The Morgan fingerprint density at radius 2 is 1.63 bits per heavy atom. The van der Waals surface area contributed by atoms with E-state index in [0.29, 0.717) is 31.8 Å². The van der Waals surface area contributed by atoms with Crippen LogP contribution in [-0.2, 0) is 14.3 Å². The zero-order chi connectivity index (χ0) is 24.9. The van der Waals surface area contributed by atoms with E-state index in [1.807, 2.05) is 38.1 Å². The van der Waals surface area contributed by atoms with Crippen LogP contribution in [0.4, 0.5) is 4.79 Å². The number of rotatable bonds is 10. The molecule has 7 nitrogen and oxygen atoms in total. The van der Waals surface area contributed by atoms with Crippen LogP contribution in [0.25, 0.3) is 11.1 Å². The van der Waals surface area contributed by atoms with E-state index in [1.54, 1.807) is 4.90 Å². The second-order valence-corrected chi connectivity index (χ2v) is 10.0. The second kappa shape index (κ2) is 10.9. The number of nitrogens with one attached hydrogen (secondary N) is 1. The van der Waals surface area contributed by atoms with E-state index in [9.17, 15) is 14.4 Å². The number of hydrogen-bond acceptors (Lipinski definition) is 4. The number of fused-ring (bicyclic) bond motifs is 3. The second-order valence-electron chi connectivity index (χ2n) is 10.0. The van der Waals surface area contributed by atoms with Crippen LogP contribution in [0.5, 0.6) is 0 Å². The van der Waals surface area contributed by atoms with Crippen LogP contribution < -0.4 is 5.32 Å². The van der Waals surface area contributed by atoms with E-state index < -0.39 is 18.1 Å². The summed E-state index contributed by atoms with van der Waals surface area (Å²) in [6, 6.07) is 15.7. The van der Waals surface area contributed by atoms with Crippen LogP contribution in [0.3, 0.4) is 0 Å². The Balaban J connectivity index is 1.32. The molecule has 0 aromatic heterocycles.